The van der Waals surface area contributed by atoms with Gasteiger partial charge in [-0.05, 0) is 49.7 Å². The molecule has 13 heteroatoms. The highest BCUT2D eigenvalue weighted by molar-refractivity contribution is 6.30. The lowest BCUT2D eigenvalue weighted by atomic mass is 9.83. The van der Waals surface area contributed by atoms with Gasteiger partial charge in [-0.3, -0.25) is 15.0 Å². The van der Waals surface area contributed by atoms with Crippen molar-refractivity contribution in [3.8, 4) is 11.3 Å². The van der Waals surface area contributed by atoms with E-state index >= 15 is 0 Å². The summed E-state index contributed by atoms with van der Waals surface area (Å²) in [6.07, 6.45) is 10.7. The van der Waals surface area contributed by atoms with Crippen LogP contribution in [0.4, 0.5) is 10.7 Å². The van der Waals surface area contributed by atoms with Crippen LogP contribution in [0.15, 0.2) is 30.9 Å². The number of carbonyl (C=O) groups excluding carboxylic acids is 1. The summed E-state index contributed by atoms with van der Waals surface area (Å²) in [5.74, 6) is 3.13. The number of hydroxylamine groups is 1. The molecule has 4 aromatic heterocycles. The Morgan fingerprint density at radius 1 is 1.12 bits per heavy atom. The fraction of sp³-hybridized carbons (Fsp3) is 0.500. The van der Waals surface area contributed by atoms with Crippen LogP contribution >= 0.6 is 11.6 Å². The summed E-state index contributed by atoms with van der Waals surface area (Å²) in [6, 6.07) is 3.87. The third-order valence-corrected chi connectivity index (χ3v) is 8.87. The molecule has 0 radical (unpaired) electrons. The second-order valence-corrected chi connectivity index (χ2v) is 11.9. The number of hydrogen-bond acceptors (Lipinski definition) is 9. The first-order valence-electron chi connectivity index (χ1n) is 14.3. The van der Waals surface area contributed by atoms with Crippen molar-refractivity contribution >= 4 is 34.7 Å². The largest absolute Gasteiger partial charge is 0.427 e. The molecule has 2 unspecified atom stereocenters. The van der Waals surface area contributed by atoms with Crippen molar-refractivity contribution in [2.75, 3.05) is 11.4 Å². The first-order chi connectivity index (χ1) is 19.9. The molecule has 6 heterocycles. The van der Waals surface area contributed by atoms with E-state index in [-0.39, 0.29) is 6.04 Å². The zero-order valence-electron chi connectivity index (χ0n) is 23.1. The van der Waals surface area contributed by atoms with Crippen LogP contribution in [0.5, 0.6) is 0 Å². The number of carbonyl (C=O) groups is 1. The number of amides is 1. The Hall–Kier alpha value is -3.77. The molecule has 214 valence electrons. The molecule has 0 aromatic carbocycles. The number of halogens is 1. The standard InChI is InChI=1S/C28H33ClN10O2/c1-16-5-7-17(8-6-16)14-39-24-20(34-27(39)38-9-3-4-22(38)26-31-15-32-37(26)2)11-21(25-35-28(40)41-36-25)33-23(24)18-10-19(29)13-30-12-18/h10-13,15-17,22,25,36H,3-9,14H2,1-2H3,(H,35,40). The van der Waals surface area contributed by atoms with Crippen molar-refractivity contribution in [3.05, 3.63) is 47.4 Å². The number of pyridine rings is 2. The Morgan fingerprint density at radius 2 is 1.98 bits per heavy atom. The zero-order chi connectivity index (χ0) is 28.1. The molecule has 7 rings (SSSR count). The van der Waals surface area contributed by atoms with Gasteiger partial charge in [0.2, 0.25) is 5.95 Å². The molecule has 0 bridgehead atoms. The number of rotatable bonds is 6. The van der Waals surface area contributed by atoms with Crippen LogP contribution in [0.25, 0.3) is 22.3 Å². The Labute approximate surface area is 242 Å². The monoisotopic (exact) mass is 576 g/mol. The van der Waals surface area contributed by atoms with Gasteiger partial charge in [0.15, 0.2) is 6.17 Å². The minimum absolute atomic E-state index is 0.0670. The Kier molecular flexibility index (Phi) is 6.74. The molecule has 3 fully saturated rings. The Bertz CT molecular complexity index is 1590. The zero-order valence-corrected chi connectivity index (χ0v) is 23.9. The van der Waals surface area contributed by atoms with Gasteiger partial charge in [0, 0.05) is 38.1 Å². The van der Waals surface area contributed by atoms with Crippen LogP contribution < -0.4 is 15.7 Å². The highest BCUT2D eigenvalue weighted by atomic mass is 35.5. The predicted octanol–water partition coefficient (Wildman–Crippen LogP) is 4.69. The lowest BCUT2D eigenvalue weighted by molar-refractivity contribution is 0.121. The van der Waals surface area contributed by atoms with E-state index in [1.54, 1.807) is 18.7 Å². The summed E-state index contributed by atoms with van der Waals surface area (Å²) in [4.78, 5) is 38.5. The summed E-state index contributed by atoms with van der Waals surface area (Å²) < 4.78 is 4.21. The molecule has 1 amide bonds. The maximum Gasteiger partial charge on any atom is 0.427 e. The Balaban J connectivity index is 1.42. The molecule has 3 aliphatic rings. The summed E-state index contributed by atoms with van der Waals surface area (Å²) >= 11 is 6.42. The van der Waals surface area contributed by atoms with Crippen LogP contribution in [0.2, 0.25) is 5.02 Å². The van der Waals surface area contributed by atoms with Gasteiger partial charge in [-0.15, -0.1) is 5.48 Å². The van der Waals surface area contributed by atoms with Crippen molar-refractivity contribution in [3.63, 3.8) is 0 Å². The molecule has 12 nitrogen and oxygen atoms in total. The summed E-state index contributed by atoms with van der Waals surface area (Å²) in [7, 11) is 1.94. The highest BCUT2D eigenvalue weighted by Crippen LogP contribution is 2.41. The van der Waals surface area contributed by atoms with Crippen molar-refractivity contribution < 1.29 is 9.63 Å². The third-order valence-electron chi connectivity index (χ3n) is 8.66. The molecule has 4 aromatic rings. The minimum Gasteiger partial charge on any atom is -0.351 e. The molecule has 2 atom stereocenters. The van der Waals surface area contributed by atoms with E-state index in [1.165, 1.54) is 25.7 Å². The molecular formula is C28H33ClN10O2. The van der Waals surface area contributed by atoms with Gasteiger partial charge in [0.1, 0.15) is 12.2 Å². The second-order valence-electron chi connectivity index (χ2n) is 11.5. The van der Waals surface area contributed by atoms with E-state index < -0.39 is 12.3 Å². The van der Waals surface area contributed by atoms with Crippen LogP contribution in [0.1, 0.15) is 69.2 Å². The lowest BCUT2D eigenvalue weighted by Crippen LogP contribution is -2.29. The molecular weight excluding hydrogens is 544 g/mol. The SMILES string of the molecule is CC1CCC(Cn2c(N3CCCC3c3ncnn3C)nc3cc(C4NOC(=O)N4)nc(-c4cncc(Cl)c4)c32)CC1. The number of nitrogens with one attached hydrogen (secondary N) is 2. The Morgan fingerprint density at radius 3 is 2.71 bits per heavy atom. The van der Waals surface area contributed by atoms with Crippen LogP contribution in [-0.4, -0.2) is 46.9 Å². The number of aromatic nitrogens is 7. The summed E-state index contributed by atoms with van der Waals surface area (Å²) in [5, 5.41) is 7.63. The van der Waals surface area contributed by atoms with Crippen molar-refractivity contribution in [1.29, 1.82) is 0 Å². The average molecular weight is 577 g/mol. The van der Waals surface area contributed by atoms with E-state index in [0.29, 0.717) is 22.3 Å². The normalized spacial score (nSPS) is 24.7. The van der Waals surface area contributed by atoms with Gasteiger partial charge < -0.3 is 14.3 Å². The van der Waals surface area contributed by atoms with Gasteiger partial charge in [-0.25, -0.2) is 19.7 Å². The third kappa shape index (κ3) is 4.88. The molecule has 1 aliphatic carbocycles. The van der Waals surface area contributed by atoms with Crippen molar-refractivity contribution in [1.82, 2.24) is 45.1 Å². The number of nitrogens with zero attached hydrogens (tertiary/aromatic N) is 8. The average Bonchev–Trinajstić information content (AvgIpc) is 3.76. The van der Waals surface area contributed by atoms with Gasteiger partial charge in [0.25, 0.3) is 0 Å². The minimum atomic E-state index is -0.607. The maximum absolute atomic E-state index is 11.9. The maximum atomic E-state index is 11.9. The smallest absolute Gasteiger partial charge is 0.351 e. The van der Waals surface area contributed by atoms with E-state index in [9.17, 15) is 4.79 Å². The van der Waals surface area contributed by atoms with E-state index in [1.807, 2.05) is 23.9 Å². The van der Waals surface area contributed by atoms with Crippen molar-refractivity contribution in [2.24, 2.45) is 18.9 Å². The number of fused-ring (bicyclic) bond motifs is 1. The molecule has 2 N–H and O–H groups in total. The van der Waals surface area contributed by atoms with Gasteiger partial charge in [-0.1, -0.05) is 31.4 Å². The molecule has 2 saturated heterocycles. The van der Waals surface area contributed by atoms with Crippen LogP contribution in [0.3, 0.4) is 0 Å². The highest BCUT2D eigenvalue weighted by Gasteiger charge is 2.35. The fourth-order valence-electron chi connectivity index (χ4n) is 6.52. The summed E-state index contributed by atoms with van der Waals surface area (Å²) in [6.45, 7) is 4.05. The number of hydrogen-bond donors (Lipinski definition) is 2. The number of aryl methyl sites for hydroxylation is 1. The van der Waals surface area contributed by atoms with Gasteiger partial charge >= 0.3 is 6.09 Å². The van der Waals surface area contributed by atoms with E-state index in [2.05, 4.69) is 42.3 Å². The summed E-state index contributed by atoms with van der Waals surface area (Å²) in [5.41, 5.74) is 6.54. The topological polar surface area (TPSA) is 128 Å². The number of imidazole rings is 1. The van der Waals surface area contributed by atoms with Gasteiger partial charge in [0.05, 0.1) is 33.5 Å². The molecule has 2 aliphatic heterocycles. The van der Waals surface area contributed by atoms with E-state index in [4.69, 9.17) is 26.4 Å². The molecule has 41 heavy (non-hydrogen) atoms. The quantitative estimate of drug-likeness (QED) is 0.336. The second kappa shape index (κ2) is 10.6. The lowest BCUT2D eigenvalue weighted by Gasteiger charge is -2.30. The van der Waals surface area contributed by atoms with Crippen molar-refractivity contribution in [2.45, 2.75) is 64.2 Å². The van der Waals surface area contributed by atoms with Crippen LogP contribution in [-0.2, 0) is 18.4 Å². The predicted molar refractivity (Wildman–Crippen MR) is 153 cm³/mol. The van der Waals surface area contributed by atoms with Gasteiger partial charge in [-0.2, -0.15) is 5.10 Å². The van der Waals surface area contributed by atoms with E-state index in [0.717, 1.165) is 60.2 Å². The molecule has 1 saturated carbocycles. The fourth-order valence-corrected chi connectivity index (χ4v) is 6.69. The first-order valence-corrected chi connectivity index (χ1v) is 14.7. The first kappa shape index (κ1) is 26.1. The van der Waals surface area contributed by atoms with Crippen LogP contribution in [0, 0.1) is 11.8 Å². The number of anilines is 1. The molecule has 0 spiro atoms.